The van der Waals surface area contributed by atoms with E-state index >= 15 is 0 Å². The lowest BCUT2D eigenvalue weighted by Gasteiger charge is -2.36. The third-order valence-corrected chi connectivity index (χ3v) is 5.79. The van der Waals surface area contributed by atoms with Crippen molar-refractivity contribution in [2.24, 2.45) is 0 Å². The molecule has 9 heteroatoms. The summed E-state index contributed by atoms with van der Waals surface area (Å²) in [6.45, 7) is 15.7. The number of rotatable bonds is 8. The first-order valence-electron chi connectivity index (χ1n) is 11.7. The fourth-order valence-electron chi connectivity index (χ4n) is 3.84. The maximum absolute atomic E-state index is 11.8. The maximum atomic E-state index is 11.8. The molecule has 0 spiro atoms. The quantitative estimate of drug-likeness (QED) is 0.622. The molecule has 0 saturated carbocycles. The molecule has 1 aliphatic rings. The zero-order valence-corrected chi connectivity index (χ0v) is 20.1. The molecule has 0 bridgehead atoms. The van der Waals surface area contributed by atoms with Gasteiger partial charge in [0, 0.05) is 49.9 Å². The number of hydrogen-bond donors (Lipinski definition) is 1. The molecule has 176 valence electrons. The van der Waals surface area contributed by atoms with Crippen molar-refractivity contribution in [1.29, 1.82) is 0 Å². The molecular weight excluding hydrogens is 406 g/mol. The number of unbranched alkanes of at least 4 members (excludes halogenated alkanes) is 1. The van der Waals surface area contributed by atoms with E-state index in [1.807, 2.05) is 0 Å². The van der Waals surface area contributed by atoms with Crippen LogP contribution < -0.4 is 16.1 Å². The van der Waals surface area contributed by atoms with Crippen LogP contribution in [0.25, 0.3) is 0 Å². The summed E-state index contributed by atoms with van der Waals surface area (Å²) in [6.07, 6.45) is 3.88. The topological polar surface area (TPSA) is 100 Å². The summed E-state index contributed by atoms with van der Waals surface area (Å²) >= 11 is 0. The van der Waals surface area contributed by atoms with Gasteiger partial charge >= 0.3 is 5.69 Å². The Morgan fingerprint density at radius 2 is 1.72 bits per heavy atom. The summed E-state index contributed by atoms with van der Waals surface area (Å²) in [4.78, 5) is 40.1. The van der Waals surface area contributed by atoms with Crippen molar-refractivity contribution in [3.05, 3.63) is 44.1 Å². The van der Waals surface area contributed by atoms with Gasteiger partial charge in [-0.25, -0.2) is 19.4 Å². The lowest BCUT2D eigenvalue weighted by Crippen LogP contribution is -2.47. The lowest BCUT2D eigenvalue weighted by molar-refractivity contribution is 0.249. The highest BCUT2D eigenvalue weighted by molar-refractivity contribution is 5.41. The first kappa shape index (κ1) is 24.1. The predicted molar refractivity (Wildman–Crippen MR) is 126 cm³/mol. The Bertz CT molecular complexity index is 1010. The maximum Gasteiger partial charge on any atom is 0.344 e. The van der Waals surface area contributed by atoms with Crippen LogP contribution in [-0.4, -0.2) is 62.4 Å². The molecule has 1 N–H and O–H groups in total. The van der Waals surface area contributed by atoms with Crippen LogP contribution in [0.5, 0.6) is 0 Å². The summed E-state index contributed by atoms with van der Waals surface area (Å²) in [5.74, 6) is 1.97. The molecule has 0 aliphatic carbocycles. The third-order valence-electron chi connectivity index (χ3n) is 5.79. The first-order valence-corrected chi connectivity index (χ1v) is 11.7. The van der Waals surface area contributed by atoms with Gasteiger partial charge < -0.3 is 4.90 Å². The molecule has 1 fully saturated rings. The second-order valence-electron chi connectivity index (χ2n) is 9.64. The van der Waals surface area contributed by atoms with Gasteiger partial charge in [-0.2, -0.15) is 5.10 Å². The standard InChI is InChI=1S/C23H37N7O2/c1-6-9-18-16-19(25-21(24-18)23(3,4)5)29-14-12-28(13-15-29)10-7-8-11-30-22(32)26-20(31)17(2)27-30/h16H,6-15H2,1-5H3,(H,26,31,32). The minimum atomic E-state index is -0.434. The van der Waals surface area contributed by atoms with Crippen LogP contribution in [-0.2, 0) is 18.4 Å². The Morgan fingerprint density at radius 3 is 2.38 bits per heavy atom. The molecule has 9 nitrogen and oxygen atoms in total. The van der Waals surface area contributed by atoms with Gasteiger partial charge in [-0.15, -0.1) is 0 Å². The molecule has 32 heavy (non-hydrogen) atoms. The summed E-state index contributed by atoms with van der Waals surface area (Å²) < 4.78 is 1.35. The van der Waals surface area contributed by atoms with Gasteiger partial charge in [0.05, 0.1) is 0 Å². The van der Waals surface area contributed by atoms with Crippen LogP contribution in [0.4, 0.5) is 5.82 Å². The Labute approximate surface area is 189 Å². The Kier molecular flexibility index (Phi) is 7.82. The highest BCUT2D eigenvalue weighted by Crippen LogP contribution is 2.23. The zero-order chi connectivity index (χ0) is 23.3. The van der Waals surface area contributed by atoms with Gasteiger partial charge in [0.2, 0.25) is 0 Å². The van der Waals surface area contributed by atoms with Crippen molar-refractivity contribution < 1.29 is 0 Å². The fourth-order valence-corrected chi connectivity index (χ4v) is 3.84. The number of hydrogen-bond acceptors (Lipinski definition) is 7. The molecule has 3 heterocycles. The van der Waals surface area contributed by atoms with Crippen molar-refractivity contribution in [1.82, 2.24) is 29.6 Å². The van der Waals surface area contributed by atoms with Gasteiger partial charge in [0.15, 0.2) is 0 Å². The van der Waals surface area contributed by atoms with E-state index in [0.717, 1.165) is 75.7 Å². The van der Waals surface area contributed by atoms with Crippen molar-refractivity contribution >= 4 is 5.82 Å². The third kappa shape index (κ3) is 6.25. The minimum Gasteiger partial charge on any atom is -0.354 e. The Balaban J connectivity index is 1.51. The van der Waals surface area contributed by atoms with E-state index in [1.165, 1.54) is 4.68 Å². The largest absolute Gasteiger partial charge is 0.354 e. The second-order valence-corrected chi connectivity index (χ2v) is 9.64. The summed E-state index contributed by atoms with van der Waals surface area (Å²) in [5.41, 5.74) is 0.537. The van der Waals surface area contributed by atoms with E-state index in [2.05, 4.69) is 53.6 Å². The normalized spacial score (nSPS) is 15.3. The second kappa shape index (κ2) is 10.4. The van der Waals surface area contributed by atoms with E-state index in [1.54, 1.807) is 6.92 Å². The van der Waals surface area contributed by atoms with Gasteiger partial charge in [-0.05, 0) is 32.7 Å². The molecule has 0 radical (unpaired) electrons. The number of nitrogens with zero attached hydrogens (tertiary/aromatic N) is 6. The minimum absolute atomic E-state index is 0.0680. The van der Waals surface area contributed by atoms with Crippen molar-refractivity contribution in [3.8, 4) is 0 Å². The molecule has 0 amide bonds. The molecule has 0 atom stereocenters. The van der Waals surface area contributed by atoms with Gasteiger partial charge in [-0.1, -0.05) is 34.1 Å². The average Bonchev–Trinajstić information content (AvgIpc) is 2.74. The number of aromatic nitrogens is 5. The molecular formula is C23H37N7O2. The van der Waals surface area contributed by atoms with Crippen LogP contribution >= 0.6 is 0 Å². The van der Waals surface area contributed by atoms with Gasteiger partial charge in [0.25, 0.3) is 5.56 Å². The summed E-state index contributed by atoms with van der Waals surface area (Å²) in [7, 11) is 0. The monoisotopic (exact) mass is 443 g/mol. The molecule has 1 saturated heterocycles. The summed E-state index contributed by atoms with van der Waals surface area (Å²) in [5, 5.41) is 4.07. The van der Waals surface area contributed by atoms with E-state index < -0.39 is 11.2 Å². The predicted octanol–water partition coefficient (Wildman–Crippen LogP) is 1.88. The van der Waals surface area contributed by atoms with Crippen LogP contribution in [0, 0.1) is 6.92 Å². The van der Waals surface area contributed by atoms with Crippen molar-refractivity contribution in [2.75, 3.05) is 37.6 Å². The van der Waals surface area contributed by atoms with Crippen LogP contribution in [0.15, 0.2) is 15.7 Å². The number of nitrogens with one attached hydrogen (secondary N) is 1. The SMILES string of the molecule is CCCc1cc(N2CCN(CCCCn3nc(C)c(=O)[nH]c3=O)CC2)nc(C(C)(C)C)n1. The Hall–Kier alpha value is -2.55. The number of H-pyrrole nitrogens is 1. The van der Waals surface area contributed by atoms with Gasteiger partial charge in [0.1, 0.15) is 17.3 Å². The van der Waals surface area contributed by atoms with E-state index in [4.69, 9.17) is 9.97 Å². The Morgan fingerprint density at radius 1 is 1.03 bits per heavy atom. The van der Waals surface area contributed by atoms with Crippen LogP contribution in [0.3, 0.4) is 0 Å². The summed E-state index contributed by atoms with van der Waals surface area (Å²) in [6, 6.07) is 2.16. The lowest BCUT2D eigenvalue weighted by atomic mass is 9.95. The van der Waals surface area contributed by atoms with E-state index in [9.17, 15) is 9.59 Å². The van der Waals surface area contributed by atoms with Crippen LogP contribution in [0.1, 0.15) is 64.2 Å². The number of aryl methyl sites for hydroxylation is 3. The first-order chi connectivity index (χ1) is 15.2. The molecule has 2 aromatic rings. The molecule has 0 unspecified atom stereocenters. The highest BCUT2D eigenvalue weighted by Gasteiger charge is 2.23. The smallest absolute Gasteiger partial charge is 0.344 e. The van der Waals surface area contributed by atoms with Crippen LogP contribution in [0.2, 0.25) is 0 Å². The zero-order valence-electron chi connectivity index (χ0n) is 20.1. The number of anilines is 1. The average molecular weight is 444 g/mol. The molecule has 2 aromatic heterocycles. The molecule has 0 aromatic carbocycles. The highest BCUT2D eigenvalue weighted by atomic mass is 16.2. The fraction of sp³-hybridized carbons (Fsp3) is 0.696. The number of aromatic amines is 1. The number of piperazine rings is 1. The molecule has 1 aliphatic heterocycles. The van der Waals surface area contributed by atoms with Gasteiger partial charge in [-0.3, -0.25) is 14.7 Å². The van der Waals surface area contributed by atoms with E-state index in [-0.39, 0.29) is 5.41 Å². The van der Waals surface area contributed by atoms with Crippen molar-refractivity contribution in [3.63, 3.8) is 0 Å². The van der Waals surface area contributed by atoms with Crippen molar-refractivity contribution in [2.45, 2.75) is 72.3 Å². The molecule has 3 rings (SSSR count). The van der Waals surface area contributed by atoms with E-state index in [0.29, 0.717) is 12.2 Å².